The van der Waals surface area contributed by atoms with Crippen LogP contribution < -0.4 is 0 Å². The number of hydrogen-bond donors (Lipinski definition) is 1. The van der Waals surface area contributed by atoms with Gasteiger partial charge < -0.3 is 9.88 Å². The van der Waals surface area contributed by atoms with Crippen LogP contribution in [0.15, 0.2) is 48.5 Å². The van der Waals surface area contributed by atoms with Crippen molar-refractivity contribution in [1.29, 1.82) is 0 Å². The molecule has 1 aromatic heterocycles. The summed E-state index contributed by atoms with van der Waals surface area (Å²) in [6.45, 7) is 6.23. The summed E-state index contributed by atoms with van der Waals surface area (Å²) in [5, 5.41) is 1.28. The minimum Gasteiger partial charge on any atom is -0.358 e. The third-order valence-electron chi connectivity index (χ3n) is 5.40. The van der Waals surface area contributed by atoms with E-state index in [0.717, 1.165) is 38.3 Å². The zero-order valence-corrected chi connectivity index (χ0v) is 15.5. The Hall–Kier alpha value is -2.66. The summed E-state index contributed by atoms with van der Waals surface area (Å²) in [7, 11) is 0. The lowest BCUT2D eigenvalue weighted by Gasteiger charge is -2.35. The fourth-order valence-corrected chi connectivity index (χ4v) is 3.81. The summed E-state index contributed by atoms with van der Waals surface area (Å²) in [6, 6.07) is 14.6. The number of aromatic nitrogens is 1. The fourth-order valence-electron chi connectivity index (χ4n) is 3.81. The van der Waals surface area contributed by atoms with Gasteiger partial charge in [-0.3, -0.25) is 9.69 Å². The number of aromatic amines is 1. The van der Waals surface area contributed by atoms with Crippen molar-refractivity contribution in [3.05, 3.63) is 71.2 Å². The molecule has 0 atom stereocenters. The maximum absolute atomic E-state index is 13.0. The number of benzene rings is 2. The largest absolute Gasteiger partial charge is 0.358 e. The molecule has 2 aromatic carbocycles. The first-order chi connectivity index (χ1) is 13.1. The SMILES string of the molecule is Cc1[nH]c2ccccc2c1CN1CCN(C(=O)Cc2ccc(F)cc2)CC1. The third kappa shape index (κ3) is 3.88. The highest BCUT2D eigenvalue weighted by Crippen LogP contribution is 2.23. The molecule has 1 fully saturated rings. The van der Waals surface area contributed by atoms with Crippen LogP contribution in [0.3, 0.4) is 0 Å². The van der Waals surface area contributed by atoms with E-state index in [1.807, 2.05) is 11.0 Å². The minimum absolute atomic E-state index is 0.115. The molecule has 5 heteroatoms. The highest BCUT2D eigenvalue weighted by atomic mass is 19.1. The second kappa shape index (κ2) is 7.53. The van der Waals surface area contributed by atoms with E-state index < -0.39 is 0 Å². The molecule has 0 unspecified atom stereocenters. The Kier molecular flexibility index (Phi) is 4.94. The summed E-state index contributed by atoms with van der Waals surface area (Å²) >= 11 is 0. The Balaban J connectivity index is 1.35. The Bertz CT molecular complexity index is 940. The quantitative estimate of drug-likeness (QED) is 0.769. The Morgan fingerprint density at radius 1 is 1.04 bits per heavy atom. The Morgan fingerprint density at radius 3 is 2.48 bits per heavy atom. The molecule has 1 N–H and O–H groups in total. The molecule has 27 heavy (non-hydrogen) atoms. The summed E-state index contributed by atoms with van der Waals surface area (Å²) in [5.74, 6) is -0.156. The molecule has 4 rings (SSSR count). The zero-order chi connectivity index (χ0) is 18.8. The molecule has 140 valence electrons. The van der Waals surface area contributed by atoms with Crippen LogP contribution >= 0.6 is 0 Å². The molecular weight excluding hydrogens is 341 g/mol. The maximum atomic E-state index is 13.0. The zero-order valence-electron chi connectivity index (χ0n) is 15.5. The number of carbonyl (C=O) groups is 1. The highest BCUT2D eigenvalue weighted by Gasteiger charge is 2.22. The summed E-state index contributed by atoms with van der Waals surface area (Å²) in [4.78, 5) is 20.3. The number of carbonyl (C=O) groups excluding carboxylic acids is 1. The van der Waals surface area contributed by atoms with E-state index in [1.54, 1.807) is 12.1 Å². The van der Waals surface area contributed by atoms with Gasteiger partial charge in [-0.1, -0.05) is 30.3 Å². The maximum Gasteiger partial charge on any atom is 0.227 e. The van der Waals surface area contributed by atoms with Gasteiger partial charge in [-0.05, 0) is 36.2 Å². The molecule has 1 aliphatic heterocycles. The van der Waals surface area contributed by atoms with Gasteiger partial charge in [0.15, 0.2) is 0 Å². The second-order valence-electron chi connectivity index (χ2n) is 7.23. The topological polar surface area (TPSA) is 39.3 Å². The normalized spacial score (nSPS) is 15.4. The predicted octanol–water partition coefficient (Wildman–Crippen LogP) is 3.50. The number of amides is 1. The lowest BCUT2D eigenvalue weighted by atomic mass is 10.1. The van der Waals surface area contributed by atoms with Crippen LogP contribution in [-0.2, 0) is 17.8 Å². The fraction of sp³-hybridized carbons (Fsp3) is 0.318. The van der Waals surface area contributed by atoms with Crippen molar-refractivity contribution in [1.82, 2.24) is 14.8 Å². The molecular formula is C22H24FN3O. The van der Waals surface area contributed by atoms with Gasteiger partial charge in [0, 0.05) is 49.3 Å². The van der Waals surface area contributed by atoms with Crippen molar-refractivity contribution in [3.63, 3.8) is 0 Å². The average molecular weight is 365 g/mol. The molecule has 0 spiro atoms. The molecule has 4 nitrogen and oxygen atoms in total. The van der Waals surface area contributed by atoms with E-state index in [1.165, 1.54) is 34.3 Å². The molecule has 1 aliphatic rings. The lowest BCUT2D eigenvalue weighted by molar-refractivity contribution is -0.132. The molecule has 1 amide bonds. The van der Waals surface area contributed by atoms with Gasteiger partial charge in [-0.2, -0.15) is 0 Å². The first-order valence-electron chi connectivity index (χ1n) is 9.41. The molecule has 1 saturated heterocycles. The van der Waals surface area contributed by atoms with Crippen LogP contribution in [0, 0.1) is 12.7 Å². The first kappa shape index (κ1) is 17.7. The number of aryl methyl sites for hydroxylation is 1. The van der Waals surface area contributed by atoms with Crippen molar-refractivity contribution in [3.8, 4) is 0 Å². The number of rotatable bonds is 4. The van der Waals surface area contributed by atoms with Gasteiger partial charge in [-0.25, -0.2) is 4.39 Å². The number of piperazine rings is 1. The van der Waals surface area contributed by atoms with Crippen LogP contribution in [0.4, 0.5) is 4.39 Å². The average Bonchev–Trinajstić information content (AvgIpc) is 2.99. The van der Waals surface area contributed by atoms with Gasteiger partial charge in [0.2, 0.25) is 5.91 Å². The van der Waals surface area contributed by atoms with E-state index >= 15 is 0 Å². The molecule has 0 bridgehead atoms. The summed E-state index contributed by atoms with van der Waals surface area (Å²) < 4.78 is 13.0. The van der Waals surface area contributed by atoms with Crippen LogP contribution in [0.5, 0.6) is 0 Å². The highest BCUT2D eigenvalue weighted by molar-refractivity contribution is 5.84. The van der Waals surface area contributed by atoms with E-state index in [4.69, 9.17) is 0 Å². The Labute approximate surface area is 158 Å². The molecule has 0 radical (unpaired) electrons. The molecule has 3 aromatic rings. The van der Waals surface area contributed by atoms with E-state index in [-0.39, 0.29) is 11.7 Å². The lowest BCUT2D eigenvalue weighted by Crippen LogP contribution is -2.48. The minimum atomic E-state index is -0.271. The number of H-pyrrole nitrogens is 1. The van der Waals surface area contributed by atoms with E-state index in [2.05, 4.69) is 35.0 Å². The van der Waals surface area contributed by atoms with Gasteiger partial charge in [0.25, 0.3) is 0 Å². The summed E-state index contributed by atoms with van der Waals surface area (Å²) in [6.07, 6.45) is 0.335. The first-order valence-corrected chi connectivity index (χ1v) is 9.41. The van der Waals surface area contributed by atoms with Crippen LogP contribution in [0.1, 0.15) is 16.8 Å². The van der Waals surface area contributed by atoms with E-state index in [0.29, 0.717) is 6.42 Å². The van der Waals surface area contributed by atoms with Gasteiger partial charge in [0.1, 0.15) is 5.82 Å². The number of hydrogen-bond acceptors (Lipinski definition) is 2. The molecule has 2 heterocycles. The van der Waals surface area contributed by atoms with Crippen molar-refractivity contribution < 1.29 is 9.18 Å². The number of nitrogens with zero attached hydrogens (tertiary/aromatic N) is 2. The smallest absolute Gasteiger partial charge is 0.227 e. The van der Waals surface area contributed by atoms with Gasteiger partial charge >= 0.3 is 0 Å². The third-order valence-corrected chi connectivity index (χ3v) is 5.40. The standard InChI is InChI=1S/C22H24FN3O/c1-16-20(19-4-2-3-5-21(19)24-16)15-25-10-12-26(13-11-25)22(27)14-17-6-8-18(23)9-7-17/h2-9,24H,10-15H2,1H3. The summed E-state index contributed by atoms with van der Waals surface area (Å²) in [5.41, 5.74) is 4.60. The van der Waals surface area contributed by atoms with Crippen molar-refractivity contribution >= 4 is 16.8 Å². The number of halogens is 1. The number of nitrogens with one attached hydrogen (secondary N) is 1. The van der Waals surface area contributed by atoms with Crippen LogP contribution in [-0.4, -0.2) is 46.9 Å². The van der Waals surface area contributed by atoms with Crippen molar-refractivity contribution in [2.24, 2.45) is 0 Å². The monoisotopic (exact) mass is 365 g/mol. The van der Waals surface area contributed by atoms with Crippen LogP contribution in [0.25, 0.3) is 10.9 Å². The predicted molar refractivity (Wildman–Crippen MR) is 105 cm³/mol. The second-order valence-corrected chi connectivity index (χ2v) is 7.23. The molecule has 0 aliphatic carbocycles. The van der Waals surface area contributed by atoms with Gasteiger partial charge in [-0.15, -0.1) is 0 Å². The van der Waals surface area contributed by atoms with Crippen molar-refractivity contribution in [2.45, 2.75) is 19.9 Å². The van der Waals surface area contributed by atoms with E-state index in [9.17, 15) is 9.18 Å². The molecule has 0 saturated carbocycles. The Morgan fingerprint density at radius 2 is 1.74 bits per heavy atom. The van der Waals surface area contributed by atoms with Crippen LogP contribution in [0.2, 0.25) is 0 Å². The van der Waals surface area contributed by atoms with Gasteiger partial charge in [0.05, 0.1) is 6.42 Å². The van der Waals surface area contributed by atoms with Crippen molar-refractivity contribution in [2.75, 3.05) is 26.2 Å². The number of para-hydroxylation sites is 1. The number of fused-ring (bicyclic) bond motifs is 1.